The fraction of sp³-hybridized carbons (Fsp3) is 0.167. The van der Waals surface area contributed by atoms with Gasteiger partial charge in [-0.25, -0.2) is 9.37 Å². The van der Waals surface area contributed by atoms with E-state index in [-0.39, 0.29) is 17.2 Å². The lowest BCUT2D eigenvalue weighted by Crippen LogP contribution is -2.21. The zero-order valence-electron chi connectivity index (χ0n) is 19.0. The Morgan fingerprint density at radius 3 is 2.80 bits per heavy atom. The fourth-order valence-corrected chi connectivity index (χ4v) is 4.00. The molecule has 0 unspecified atom stereocenters. The fourth-order valence-electron chi connectivity index (χ4n) is 4.00. The van der Waals surface area contributed by atoms with Crippen molar-refractivity contribution in [2.24, 2.45) is 0 Å². The number of methoxy groups -OCH3 is 1. The van der Waals surface area contributed by atoms with Crippen LogP contribution < -0.4 is 26.0 Å². The number of aromatic nitrogens is 3. The first-order chi connectivity index (χ1) is 17.0. The average Bonchev–Trinajstić information content (AvgIpc) is 3.32. The number of rotatable bonds is 6. The molecular weight excluding hydrogens is 453 g/mol. The van der Waals surface area contributed by atoms with Gasteiger partial charge in [0.15, 0.2) is 0 Å². The molecule has 2 amide bonds. The summed E-state index contributed by atoms with van der Waals surface area (Å²) in [6.45, 7) is 0. The zero-order chi connectivity index (χ0) is 24.5. The number of amides is 2. The Balaban J connectivity index is 1.54. The van der Waals surface area contributed by atoms with Gasteiger partial charge in [0.2, 0.25) is 11.9 Å². The number of nitrogens with one attached hydrogen (secondary N) is 5. The van der Waals surface area contributed by atoms with Crippen LogP contribution in [0.1, 0.15) is 22.3 Å². The van der Waals surface area contributed by atoms with Crippen LogP contribution >= 0.6 is 0 Å². The van der Waals surface area contributed by atoms with Crippen LogP contribution in [0.4, 0.5) is 33.2 Å². The van der Waals surface area contributed by atoms with Crippen molar-refractivity contribution >= 4 is 40.6 Å². The third-order valence-corrected chi connectivity index (χ3v) is 5.71. The molecule has 178 valence electrons. The summed E-state index contributed by atoms with van der Waals surface area (Å²) in [5, 5.41) is 11.6. The van der Waals surface area contributed by atoms with E-state index in [1.165, 1.54) is 19.2 Å². The maximum absolute atomic E-state index is 14.5. The lowest BCUT2D eigenvalue weighted by molar-refractivity contribution is -0.116. The number of hydrogen-bond donors (Lipinski definition) is 5. The molecule has 0 aromatic heterocycles. The number of aryl methyl sites for hydroxylation is 1. The molecule has 0 bridgehead atoms. The molecule has 3 aliphatic rings. The van der Waals surface area contributed by atoms with Crippen LogP contribution in [0.5, 0.6) is 5.75 Å². The normalized spacial score (nSPS) is 12.6. The highest BCUT2D eigenvalue weighted by molar-refractivity contribution is 6.01. The van der Waals surface area contributed by atoms with Gasteiger partial charge < -0.3 is 31.0 Å². The molecule has 0 radical (unpaired) electrons. The molecule has 0 saturated carbocycles. The summed E-state index contributed by atoms with van der Waals surface area (Å²) < 4.78 is 20.0. The molecule has 0 fully saturated rings. The maximum atomic E-state index is 14.5. The molecule has 35 heavy (non-hydrogen) atoms. The number of fused-ring (bicyclic) bond motifs is 2. The molecular formula is C24H22FN7O3. The third kappa shape index (κ3) is 4.19. The monoisotopic (exact) mass is 475 g/mol. The second kappa shape index (κ2) is 8.93. The van der Waals surface area contributed by atoms with Crippen molar-refractivity contribution in [2.75, 3.05) is 30.1 Å². The van der Waals surface area contributed by atoms with E-state index in [0.29, 0.717) is 53.1 Å². The molecule has 5 rings (SSSR count). The van der Waals surface area contributed by atoms with Crippen molar-refractivity contribution < 1.29 is 18.7 Å². The van der Waals surface area contributed by atoms with Crippen molar-refractivity contribution in [1.29, 1.82) is 0 Å². The molecule has 0 aliphatic carbocycles. The number of hydrogen-bond acceptors (Lipinski definition) is 7. The first kappa shape index (κ1) is 22.1. The van der Waals surface area contributed by atoms with E-state index < -0.39 is 11.7 Å². The van der Waals surface area contributed by atoms with Gasteiger partial charge in [0, 0.05) is 25.4 Å². The van der Waals surface area contributed by atoms with Gasteiger partial charge in [-0.1, -0.05) is 6.07 Å². The SMILES string of the molecule is CNC(=O)c1c(F)cccc1Nc1nc(Nc2cc3c(cc2OC)CCC(=O)N3)[nH]c2nccc1-2. The standard InChI is InChI=1S/C24H22FN7O3/c1-26-23(34)20-14(25)4-3-5-15(20)29-22-13-8-9-27-21(13)31-24(32-22)30-17-11-16-12(10-18(17)35-2)6-7-19(33)28-16/h3-5,8-11H,6-7H2,1-2H3,(H,26,34)(H,28,33)(H3,27,29,30,31,32). The Hall–Kier alpha value is -4.67. The van der Waals surface area contributed by atoms with E-state index in [4.69, 9.17) is 4.74 Å². The molecule has 5 N–H and O–H groups in total. The smallest absolute Gasteiger partial charge is 0.256 e. The summed E-state index contributed by atoms with van der Waals surface area (Å²) in [7, 11) is 2.99. The van der Waals surface area contributed by atoms with Crippen LogP contribution in [0.2, 0.25) is 0 Å². The third-order valence-electron chi connectivity index (χ3n) is 5.71. The first-order valence-electron chi connectivity index (χ1n) is 10.9. The lowest BCUT2D eigenvalue weighted by atomic mass is 10.0. The van der Waals surface area contributed by atoms with E-state index in [9.17, 15) is 14.0 Å². The van der Waals surface area contributed by atoms with Crippen LogP contribution in [-0.4, -0.2) is 40.9 Å². The molecule has 2 aromatic rings. The predicted molar refractivity (Wildman–Crippen MR) is 129 cm³/mol. The number of carbonyl (C=O) groups is 2. The van der Waals surface area contributed by atoms with Gasteiger partial charge in [0.1, 0.15) is 23.2 Å². The van der Waals surface area contributed by atoms with Gasteiger partial charge in [-0.3, -0.25) is 9.59 Å². The predicted octanol–water partition coefficient (Wildman–Crippen LogP) is 3.79. The second-order valence-corrected chi connectivity index (χ2v) is 7.89. The maximum Gasteiger partial charge on any atom is 0.256 e. The van der Waals surface area contributed by atoms with Crippen molar-refractivity contribution in [3.63, 3.8) is 0 Å². The Kier molecular flexibility index (Phi) is 5.65. The van der Waals surface area contributed by atoms with Crippen LogP contribution in [-0.2, 0) is 11.2 Å². The Bertz CT molecular complexity index is 1420. The van der Waals surface area contributed by atoms with Crippen molar-refractivity contribution in [3.8, 4) is 17.1 Å². The molecule has 0 atom stereocenters. The van der Waals surface area contributed by atoms with Gasteiger partial charge in [-0.15, -0.1) is 0 Å². The van der Waals surface area contributed by atoms with Gasteiger partial charge in [-0.2, -0.15) is 4.98 Å². The Morgan fingerprint density at radius 1 is 1.14 bits per heavy atom. The number of nitrogens with zero attached hydrogens (tertiary/aromatic N) is 2. The first-order valence-corrected chi connectivity index (χ1v) is 10.9. The highest BCUT2D eigenvalue weighted by atomic mass is 19.1. The summed E-state index contributed by atoms with van der Waals surface area (Å²) in [6.07, 6.45) is 2.66. The number of carbonyl (C=O) groups excluding carboxylic acids is 2. The molecule has 2 aromatic carbocycles. The van der Waals surface area contributed by atoms with E-state index in [2.05, 4.69) is 36.2 Å². The van der Waals surface area contributed by atoms with Gasteiger partial charge >= 0.3 is 0 Å². The molecule has 0 saturated heterocycles. The Morgan fingerprint density at radius 2 is 2.00 bits per heavy atom. The van der Waals surface area contributed by atoms with E-state index in [0.717, 1.165) is 5.56 Å². The highest BCUT2D eigenvalue weighted by Crippen LogP contribution is 2.37. The number of anilines is 5. The van der Waals surface area contributed by atoms with Crippen LogP contribution in [0, 0.1) is 5.82 Å². The number of aromatic amines is 1. The van der Waals surface area contributed by atoms with Crippen LogP contribution in [0.3, 0.4) is 0 Å². The van der Waals surface area contributed by atoms with E-state index in [1.54, 1.807) is 31.5 Å². The number of H-pyrrole nitrogens is 1. The molecule has 10 nitrogen and oxygen atoms in total. The van der Waals surface area contributed by atoms with Crippen LogP contribution in [0.25, 0.3) is 11.4 Å². The van der Waals surface area contributed by atoms with Crippen molar-refractivity contribution in [2.45, 2.75) is 12.8 Å². The number of ether oxygens (including phenoxy) is 1. The van der Waals surface area contributed by atoms with Crippen LogP contribution in [0.15, 0.2) is 42.6 Å². The minimum absolute atomic E-state index is 0.0470. The van der Waals surface area contributed by atoms with E-state index in [1.807, 2.05) is 6.07 Å². The van der Waals surface area contributed by atoms with Gasteiger partial charge in [-0.05, 0) is 42.3 Å². The highest BCUT2D eigenvalue weighted by Gasteiger charge is 2.21. The molecule has 3 aliphatic heterocycles. The summed E-state index contributed by atoms with van der Waals surface area (Å²) >= 11 is 0. The van der Waals surface area contributed by atoms with Crippen molar-refractivity contribution in [3.05, 3.63) is 59.5 Å². The Labute approximate surface area is 199 Å². The topological polar surface area (TPSA) is 133 Å². The average molecular weight is 475 g/mol. The summed E-state index contributed by atoms with van der Waals surface area (Å²) in [4.78, 5) is 36.2. The summed E-state index contributed by atoms with van der Waals surface area (Å²) in [5.74, 6) is 0.503. The molecule has 0 spiro atoms. The lowest BCUT2D eigenvalue weighted by Gasteiger charge is -2.21. The summed E-state index contributed by atoms with van der Waals surface area (Å²) in [6, 6.07) is 9.72. The van der Waals surface area contributed by atoms with E-state index >= 15 is 0 Å². The van der Waals surface area contributed by atoms with Gasteiger partial charge in [0.05, 0.1) is 29.6 Å². The largest absolute Gasteiger partial charge is 0.495 e. The molecule has 11 heteroatoms. The number of benzene rings is 2. The quantitative estimate of drug-likeness (QED) is 0.287. The molecule has 3 heterocycles. The summed E-state index contributed by atoms with van der Waals surface area (Å²) in [5.41, 5.74) is 3.03. The zero-order valence-corrected chi connectivity index (χ0v) is 19.0. The number of halogens is 1. The van der Waals surface area contributed by atoms with Gasteiger partial charge in [0.25, 0.3) is 5.91 Å². The minimum atomic E-state index is -0.659. The minimum Gasteiger partial charge on any atom is -0.495 e. The van der Waals surface area contributed by atoms with Crippen molar-refractivity contribution in [1.82, 2.24) is 20.3 Å². The second-order valence-electron chi connectivity index (χ2n) is 7.89.